The molecule has 1 saturated heterocycles. The van der Waals surface area contributed by atoms with E-state index in [1.165, 1.54) is 0 Å². The molecule has 0 saturated carbocycles. The quantitative estimate of drug-likeness (QED) is 0.416. The zero-order chi connectivity index (χ0) is 24.8. The number of hydrogen-bond donors (Lipinski definition) is 1. The molecule has 11 heteroatoms. The molecular weight excluding hydrogens is 456 g/mol. The van der Waals surface area contributed by atoms with Crippen LogP contribution in [0.1, 0.15) is 23.9 Å². The summed E-state index contributed by atoms with van der Waals surface area (Å²) in [5, 5.41) is 26.0. The number of aromatic nitrogens is 8. The van der Waals surface area contributed by atoms with E-state index >= 15 is 0 Å². The van der Waals surface area contributed by atoms with Crippen LogP contribution in [0.15, 0.2) is 43.0 Å². The summed E-state index contributed by atoms with van der Waals surface area (Å²) in [6.45, 7) is 8.17. The molecular formula is C25H24N10O. The maximum absolute atomic E-state index is 9.33. The first-order valence-corrected chi connectivity index (χ1v) is 11.7. The summed E-state index contributed by atoms with van der Waals surface area (Å²) in [6.07, 6.45) is 6.77. The molecule has 5 aromatic rings. The third-order valence-electron chi connectivity index (χ3n) is 6.56. The lowest BCUT2D eigenvalue weighted by Crippen LogP contribution is -2.44. The lowest BCUT2D eigenvalue weighted by Gasteiger charge is -2.34. The second-order valence-corrected chi connectivity index (χ2v) is 8.88. The van der Waals surface area contributed by atoms with Crippen molar-refractivity contribution < 1.29 is 4.74 Å². The van der Waals surface area contributed by atoms with Crippen molar-refractivity contribution in [3.05, 3.63) is 59.9 Å². The second kappa shape index (κ2) is 8.58. The summed E-state index contributed by atoms with van der Waals surface area (Å²) in [5.74, 6) is 0.856. The van der Waals surface area contributed by atoms with Crippen LogP contribution in [0.2, 0.25) is 0 Å². The highest BCUT2D eigenvalue weighted by molar-refractivity contribution is 5.80. The van der Waals surface area contributed by atoms with E-state index in [1.54, 1.807) is 30.9 Å². The summed E-state index contributed by atoms with van der Waals surface area (Å²) < 4.78 is 9.35. The molecule has 1 fully saturated rings. The van der Waals surface area contributed by atoms with Gasteiger partial charge in [-0.25, -0.2) is 14.2 Å². The molecule has 1 aliphatic heterocycles. The molecule has 1 N–H and O–H groups in total. The molecule has 0 unspecified atom stereocenters. The van der Waals surface area contributed by atoms with Crippen molar-refractivity contribution in [2.24, 2.45) is 0 Å². The molecule has 6 heterocycles. The predicted octanol–water partition coefficient (Wildman–Crippen LogP) is 3.08. The molecule has 5 aromatic heterocycles. The first-order chi connectivity index (χ1) is 17.5. The van der Waals surface area contributed by atoms with E-state index in [4.69, 9.17) is 19.9 Å². The zero-order valence-electron chi connectivity index (χ0n) is 20.2. The molecule has 0 aliphatic carbocycles. The molecule has 1 aliphatic rings. The van der Waals surface area contributed by atoms with Crippen molar-refractivity contribution in [1.82, 2.24) is 39.6 Å². The second-order valence-electron chi connectivity index (χ2n) is 8.88. The molecule has 180 valence electrons. The maximum Gasteiger partial charge on any atom is 0.167 e. The Morgan fingerprint density at radius 3 is 2.86 bits per heavy atom. The summed E-state index contributed by atoms with van der Waals surface area (Å²) in [4.78, 5) is 11.5. The molecule has 1 atom stereocenters. The number of aromatic amines is 1. The predicted molar refractivity (Wildman–Crippen MR) is 133 cm³/mol. The Balaban J connectivity index is 1.59. The Bertz CT molecular complexity index is 1610. The lowest BCUT2D eigenvalue weighted by molar-refractivity contribution is 0.0985. The minimum absolute atomic E-state index is 0.185. The average molecular weight is 481 g/mol. The van der Waals surface area contributed by atoms with Gasteiger partial charge in [0.15, 0.2) is 5.65 Å². The van der Waals surface area contributed by atoms with E-state index in [9.17, 15) is 5.26 Å². The lowest BCUT2D eigenvalue weighted by atomic mass is 10.1. The number of H-pyrrole nitrogens is 1. The highest BCUT2D eigenvalue weighted by Gasteiger charge is 2.26. The van der Waals surface area contributed by atoms with Crippen LogP contribution < -0.4 is 4.90 Å². The fourth-order valence-electron chi connectivity index (χ4n) is 4.81. The van der Waals surface area contributed by atoms with E-state index in [0.717, 1.165) is 57.6 Å². The van der Waals surface area contributed by atoms with Crippen LogP contribution in [0, 0.1) is 25.2 Å². The first kappa shape index (κ1) is 21.9. The summed E-state index contributed by atoms with van der Waals surface area (Å²) in [5.41, 5.74) is 7.23. The molecule has 0 amide bonds. The monoisotopic (exact) mass is 480 g/mol. The number of nitrogens with one attached hydrogen (secondary N) is 1. The molecule has 0 bridgehead atoms. The molecule has 11 nitrogen and oxygen atoms in total. The number of pyridine rings is 1. The zero-order valence-corrected chi connectivity index (χ0v) is 20.2. The molecule has 36 heavy (non-hydrogen) atoms. The van der Waals surface area contributed by atoms with Gasteiger partial charge >= 0.3 is 0 Å². The Kier molecular flexibility index (Phi) is 5.23. The van der Waals surface area contributed by atoms with Crippen LogP contribution in [0.5, 0.6) is 0 Å². The number of morpholine rings is 1. The summed E-state index contributed by atoms with van der Waals surface area (Å²) in [7, 11) is 0. The Morgan fingerprint density at radius 2 is 2.08 bits per heavy atom. The number of anilines is 1. The number of aryl methyl sites for hydroxylation is 1. The standard InChI is InChI=1S/C25H24N10O/c1-15-14-36-7-6-33(15)23-9-22(35-25(30-23)20(13-29-35)21-4-5-28-31-21)24-16(2)32-34(17(24)3)19-8-18(10-26)11-27-12-19/h4-5,8-9,11-13,15H,6-7,14H2,1-3H3,(H,28,31)/t15-/m1/s1. The topological polar surface area (TPSA) is 126 Å². The van der Waals surface area contributed by atoms with Crippen LogP contribution in [-0.4, -0.2) is 65.4 Å². The van der Waals surface area contributed by atoms with Gasteiger partial charge in [-0.3, -0.25) is 10.1 Å². The van der Waals surface area contributed by atoms with Gasteiger partial charge < -0.3 is 9.64 Å². The Morgan fingerprint density at radius 1 is 1.19 bits per heavy atom. The SMILES string of the molecule is Cc1nn(-c2cncc(C#N)c2)c(C)c1-c1cc(N2CCOC[C@H]2C)nc2c(-c3ccn[nH]3)cnn12. The van der Waals surface area contributed by atoms with E-state index in [1.807, 2.05) is 29.1 Å². The number of rotatable bonds is 4. The van der Waals surface area contributed by atoms with Crippen molar-refractivity contribution in [1.29, 1.82) is 5.26 Å². The van der Waals surface area contributed by atoms with Gasteiger partial charge in [0.05, 0.1) is 71.2 Å². The number of nitrogens with zero attached hydrogens (tertiary/aromatic N) is 9. The highest BCUT2D eigenvalue weighted by atomic mass is 16.5. The Labute approximate surface area is 207 Å². The average Bonchev–Trinajstić information content (AvgIpc) is 3.63. The van der Waals surface area contributed by atoms with Crippen LogP contribution in [0.25, 0.3) is 33.8 Å². The summed E-state index contributed by atoms with van der Waals surface area (Å²) in [6, 6.07) is 8.10. The van der Waals surface area contributed by atoms with E-state index < -0.39 is 0 Å². The van der Waals surface area contributed by atoms with Gasteiger partial charge in [-0.05, 0) is 32.9 Å². The van der Waals surface area contributed by atoms with E-state index in [2.05, 4.69) is 39.1 Å². The van der Waals surface area contributed by atoms with Gasteiger partial charge in [-0.1, -0.05) is 0 Å². The van der Waals surface area contributed by atoms with Gasteiger partial charge in [-0.15, -0.1) is 0 Å². The number of hydrogen-bond acceptors (Lipinski definition) is 8. The number of nitriles is 1. The smallest absolute Gasteiger partial charge is 0.167 e. The van der Waals surface area contributed by atoms with Crippen LogP contribution in [-0.2, 0) is 4.74 Å². The van der Waals surface area contributed by atoms with Crippen LogP contribution in [0.4, 0.5) is 5.82 Å². The van der Waals surface area contributed by atoms with Crippen LogP contribution in [0.3, 0.4) is 0 Å². The minimum Gasteiger partial charge on any atom is -0.377 e. The van der Waals surface area contributed by atoms with Crippen molar-refractivity contribution in [3.63, 3.8) is 0 Å². The van der Waals surface area contributed by atoms with Gasteiger partial charge in [0.25, 0.3) is 0 Å². The molecule has 0 aromatic carbocycles. The fraction of sp³-hybridized carbons (Fsp3) is 0.280. The van der Waals surface area contributed by atoms with Crippen molar-refractivity contribution in [3.8, 4) is 34.3 Å². The summed E-state index contributed by atoms with van der Waals surface area (Å²) >= 11 is 0. The number of fused-ring (bicyclic) bond motifs is 1. The van der Waals surface area contributed by atoms with Crippen molar-refractivity contribution >= 4 is 11.5 Å². The van der Waals surface area contributed by atoms with Crippen molar-refractivity contribution in [2.45, 2.75) is 26.8 Å². The first-order valence-electron chi connectivity index (χ1n) is 11.7. The highest BCUT2D eigenvalue weighted by Crippen LogP contribution is 2.34. The fourth-order valence-corrected chi connectivity index (χ4v) is 4.81. The van der Waals surface area contributed by atoms with Gasteiger partial charge in [0.2, 0.25) is 0 Å². The molecule has 6 rings (SSSR count). The largest absolute Gasteiger partial charge is 0.377 e. The Hall–Kier alpha value is -4.56. The third-order valence-corrected chi connectivity index (χ3v) is 6.56. The molecule has 0 radical (unpaired) electrons. The molecule has 0 spiro atoms. The maximum atomic E-state index is 9.33. The normalized spacial score (nSPS) is 15.9. The number of ether oxygens (including phenoxy) is 1. The third kappa shape index (κ3) is 3.50. The van der Waals surface area contributed by atoms with Gasteiger partial charge in [0.1, 0.15) is 11.9 Å². The van der Waals surface area contributed by atoms with E-state index in [-0.39, 0.29) is 6.04 Å². The van der Waals surface area contributed by atoms with Crippen LogP contribution >= 0.6 is 0 Å². The van der Waals surface area contributed by atoms with Gasteiger partial charge in [-0.2, -0.15) is 20.6 Å². The van der Waals surface area contributed by atoms with Crippen molar-refractivity contribution in [2.75, 3.05) is 24.7 Å². The van der Waals surface area contributed by atoms with E-state index in [0.29, 0.717) is 18.8 Å². The minimum atomic E-state index is 0.185. The van der Waals surface area contributed by atoms with Gasteiger partial charge in [0, 0.05) is 30.6 Å².